The van der Waals surface area contributed by atoms with Crippen molar-refractivity contribution in [2.24, 2.45) is 5.73 Å². The molecule has 0 spiro atoms. The first-order chi connectivity index (χ1) is 7.54. The van der Waals surface area contributed by atoms with Crippen molar-refractivity contribution in [3.8, 4) is 0 Å². The average molecular weight is 229 g/mol. The number of carboxylic acid groups (broad SMARTS) is 1. The Morgan fingerprint density at radius 1 is 1.25 bits per heavy atom. The number of carboxylic acids is 1. The second-order valence-corrected chi connectivity index (χ2v) is 3.65. The van der Waals surface area contributed by atoms with Gasteiger partial charge in [-0.3, -0.25) is 14.4 Å². The number of rotatable bonds is 5. The fraction of sp³-hybridized carbons (Fsp3) is 0.667. The minimum atomic E-state index is -1.12. The maximum atomic E-state index is 11.5. The third kappa shape index (κ3) is 3.20. The molecule has 1 rings (SSSR count). The van der Waals surface area contributed by atoms with E-state index in [0.29, 0.717) is 19.4 Å². The van der Waals surface area contributed by atoms with E-state index in [0.717, 1.165) is 0 Å². The molecule has 1 heterocycles. The van der Waals surface area contributed by atoms with Crippen LogP contribution in [0.5, 0.6) is 0 Å². The molecule has 0 bridgehead atoms. The van der Waals surface area contributed by atoms with Crippen LogP contribution in [-0.2, 0) is 14.4 Å². The molecule has 0 unspecified atom stereocenters. The fourth-order valence-corrected chi connectivity index (χ4v) is 1.52. The Kier molecular flexibility index (Phi) is 4.24. The van der Waals surface area contributed by atoms with Crippen molar-refractivity contribution >= 4 is 17.8 Å². The highest BCUT2D eigenvalue weighted by Crippen LogP contribution is 2.05. The normalized spacial score (nSPS) is 24.8. The van der Waals surface area contributed by atoms with Crippen LogP contribution in [0.15, 0.2) is 0 Å². The number of carbonyl (C=O) groups excluding carboxylic acids is 2. The Hall–Kier alpha value is -1.63. The summed E-state index contributed by atoms with van der Waals surface area (Å²) in [5.41, 5.74) is 5.30. The fourth-order valence-electron chi connectivity index (χ4n) is 1.52. The molecule has 0 radical (unpaired) electrons. The molecule has 0 aromatic rings. The second-order valence-electron chi connectivity index (χ2n) is 3.65. The molecule has 5 N–H and O–H groups in total. The van der Waals surface area contributed by atoms with Gasteiger partial charge in [-0.05, 0) is 19.4 Å². The monoisotopic (exact) mass is 229 g/mol. The van der Waals surface area contributed by atoms with Crippen molar-refractivity contribution in [2.45, 2.75) is 31.3 Å². The Labute approximate surface area is 92.4 Å². The maximum Gasteiger partial charge on any atom is 0.305 e. The van der Waals surface area contributed by atoms with Crippen LogP contribution in [0.1, 0.15) is 19.3 Å². The van der Waals surface area contributed by atoms with E-state index in [1.54, 1.807) is 0 Å². The van der Waals surface area contributed by atoms with Gasteiger partial charge in [0.1, 0.15) is 12.1 Å². The second kappa shape index (κ2) is 5.45. The smallest absolute Gasteiger partial charge is 0.305 e. The molecule has 0 aromatic carbocycles. The molecule has 0 saturated carbocycles. The molecule has 0 aliphatic carbocycles. The van der Waals surface area contributed by atoms with Crippen molar-refractivity contribution in [1.29, 1.82) is 0 Å². The van der Waals surface area contributed by atoms with E-state index in [1.165, 1.54) is 0 Å². The minimum absolute atomic E-state index is 0.348. The summed E-state index contributed by atoms with van der Waals surface area (Å²) in [6.07, 6.45) is 0.691. The Bertz CT molecular complexity index is 305. The zero-order valence-electron chi connectivity index (χ0n) is 8.73. The number of carbonyl (C=O) groups is 3. The summed E-state index contributed by atoms with van der Waals surface area (Å²) in [6.45, 7) is 0.443. The Morgan fingerprint density at radius 3 is 2.38 bits per heavy atom. The van der Waals surface area contributed by atoms with Crippen molar-refractivity contribution in [3.05, 3.63) is 0 Å². The van der Waals surface area contributed by atoms with Crippen LogP contribution in [0.4, 0.5) is 0 Å². The van der Waals surface area contributed by atoms with E-state index in [4.69, 9.17) is 10.8 Å². The summed E-state index contributed by atoms with van der Waals surface area (Å²) < 4.78 is 0. The van der Waals surface area contributed by atoms with Crippen LogP contribution in [0.3, 0.4) is 0 Å². The number of nitrogens with one attached hydrogen (secondary N) is 2. The quantitative estimate of drug-likeness (QED) is 0.442. The SMILES string of the molecule is NCCC[C@@H]1NC(=O)[C@H](CC(=O)O)NC1=O. The first kappa shape index (κ1) is 12.4. The molecular formula is C9H15N3O4. The molecule has 7 nitrogen and oxygen atoms in total. The summed E-state index contributed by atoms with van der Waals surface area (Å²) >= 11 is 0. The lowest BCUT2D eigenvalue weighted by Gasteiger charge is -2.28. The third-order valence-corrected chi connectivity index (χ3v) is 2.34. The lowest BCUT2D eigenvalue weighted by Crippen LogP contribution is -2.62. The Balaban J connectivity index is 2.53. The van der Waals surface area contributed by atoms with Crippen LogP contribution in [0.2, 0.25) is 0 Å². The van der Waals surface area contributed by atoms with Crippen LogP contribution in [-0.4, -0.2) is 41.5 Å². The number of hydrogen-bond donors (Lipinski definition) is 4. The number of aliphatic carboxylic acids is 1. The summed E-state index contributed by atoms with van der Waals surface area (Å²) in [5, 5.41) is 13.4. The van der Waals surface area contributed by atoms with E-state index in [2.05, 4.69) is 10.6 Å². The van der Waals surface area contributed by atoms with Crippen molar-refractivity contribution < 1.29 is 19.5 Å². The van der Waals surface area contributed by atoms with Gasteiger partial charge in [-0.1, -0.05) is 0 Å². The van der Waals surface area contributed by atoms with Gasteiger partial charge in [-0.15, -0.1) is 0 Å². The number of piperazine rings is 1. The molecule has 1 aliphatic heterocycles. The predicted octanol–water partition coefficient (Wildman–Crippen LogP) is -1.82. The maximum absolute atomic E-state index is 11.5. The highest BCUT2D eigenvalue weighted by molar-refractivity contribution is 5.98. The van der Waals surface area contributed by atoms with E-state index >= 15 is 0 Å². The number of nitrogens with two attached hydrogens (primary N) is 1. The van der Waals surface area contributed by atoms with Crippen molar-refractivity contribution in [2.75, 3.05) is 6.54 Å². The van der Waals surface area contributed by atoms with Gasteiger partial charge in [0.05, 0.1) is 6.42 Å². The van der Waals surface area contributed by atoms with Gasteiger partial charge in [0.2, 0.25) is 11.8 Å². The summed E-state index contributed by atoms with van der Waals surface area (Å²) in [5.74, 6) is -1.93. The average Bonchev–Trinajstić information content (AvgIpc) is 2.20. The molecule has 7 heteroatoms. The van der Waals surface area contributed by atoms with Gasteiger partial charge in [-0.2, -0.15) is 0 Å². The first-order valence-corrected chi connectivity index (χ1v) is 5.07. The molecular weight excluding hydrogens is 214 g/mol. The molecule has 0 aromatic heterocycles. The van der Waals surface area contributed by atoms with Crippen molar-refractivity contribution in [1.82, 2.24) is 10.6 Å². The zero-order valence-corrected chi connectivity index (χ0v) is 8.73. The van der Waals surface area contributed by atoms with Gasteiger partial charge in [0.15, 0.2) is 0 Å². The largest absolute Gasteiger partial charge is 0.481 e. The number of hydrogen-bond acceptors (Lipinski definition) is 4. The van der Waals surface area contributed by atoms with Crippen LogP contribution < -0.4 is 16.4 Å². The predicted molar refractivity (Wildman–Crippen MR) is 54.4 cm³/mol. The van der Waals surface area contributed by atoms with Gasteiger partial charge in [0, 0.05) is 0 Å². The van der Waals surface area contributed by atoms with Crippen LogP contribution in [0.25, 0.3) is 0 Å². The molecule has 16 heavy (non-hydrogen) atoms. The topological polar surface area (TPSA) is 122 Å². The van der Waals surface area contributed by atoms with Crippen LogP contribution >= 0.6 is 0 Å². The summed E-state index contributed by atoms with van der Waals surface area (Å²) in [6, 6.07) is -1.57. The lowest BCUT2D eigenvalue weighted by molar-refractivity contribution is -0.143. The van der Waals surface area contributed by atoms with E-state index in [1.807, 2.05) is 0 Å². The Morgan fingerprint density at radius 2 is 1.81 bits per heavy atom. The summed E-state index contributed by atoms with van der Waals surface area (Å²) in [7, 11) is 0. The molecule has 1 fully saturated rings. The highest BCUT2D eigenvalue weighted by atomic mass is 16.4. The highest BCUT2D eigenvalue weighted by Gasteiger charge is 2.34. The van der Waals surface area contributed by atoms with Gasteiger partial charge < -0.3 is 21.5 Å². The van der Waals surface area contributed by atoms with E-state index < -0.39 is 30.4 Å². The molecule has 1 aliphatic rings. The standard InChI is InChI=1S/C9H15N3O4/c10-3-1-2-5-8(15)12-6(4-7(13)14)9(16)11-5/h5-6H,1-4,10H2,(H,11,16)(H,12,15)(H,13,14)/t5-,6-/m0/s1. The lowest BCUT2D eigenvalue weighted by atomic mass is 10.0. The third-order valence-electron chi connectivity index (χ3n) is 2.34. The molecule has 1 saturated heterocycles. The van der Waals surface area contributed by atoms with Crippen molar-refractivity contribution in [3.63, 3.8) is 0 Å². The minimum Gasteiger partial charge on any atom is -0.481 e. The number of amides is 2. The molecule has 2 atom stereocenters. The van der Waals surface area contributed by atoms with Crippen LogP contribution in [0, 0.1) is 0 Å². The molecule has 2 amide bonds. The first-order valence-electron chi connectivity index (χ1n) is 5.07. The molecule has 90 valence electrons. The van der Waals surface area contributed by atoms with Gasteiger partial charge >= 0.3 is 5.97 Å². The summed E-state index contributed by atoms with van der Waals surface area (Å²) in [4.78, 5) is 33.3. The zero-order chi connectivity index (χ0) is 12.1. The van der Waals surface area contributed by atoms with Gasteiger partial charge in [-0.25, -0.2) is 0 Å². The van der Waals surface area contributed by atoms with E-state index in [-0.39, 0.29) is 5.91 Å². The van der Waals surface area contributed by atoms with E-state index in [9.17, 15) is 14.4 Å². The van der Waals surface area contributed by atoms with Gasteiger partial charge in [0.25, 0.3) is 0 Å².